The summed E-state index contributed by atoms with van der Waals surface area (Å²) in [5.41, 5.74) is 1.86. The van der Waals surface area contributed by atoms with Crippen LogP contribution >= 0.6 is 23.4 Å². The van der Waals surface area contributed by atoms with Crippen LogP contribution in [0.2, 0.25) is 5.02 Å². The number of rotatable bonds is 5. The number of carbonyl (C=O) groups is 2. The van der Waals surface area contributed by atoms with Gasteiger partial charge in [0.25, 0.3) is 0 Å². The van der Waals surface area contributed by atoms with Crippen molar-refractivity contribution in [1.29, 1.82) is 0 Å². The number of hydrogen-bond acceptors (Lipinski definition) is 5. The number of benzene rings is 1. The summed E-state index contributed by atoms with van der Waals surface area (Å²) in [6.07, 6.45) is 1.61. The maximum Gasteiger partial charge on any atom is 0.324 e. The fourth-order valence-corrected chi connectivity index (χ4v) is 3.17. The number of amides is 3. The van der Waals surface area contributed by atoms with Gasteiger partial charge in [0.1, 0.15) is 6.33 Å². The van der Waals surface area contributed by atoms with Crippen molar-refractivity contribution in [3.63, 3.8) is 0 Å². The Morgan fingerprint density at radius 3 is 2.91 bits per heavy atom. The topological polar surface area (TPSA) is 80.1 Å². The van der Waals surface area contributed by atoms with Gasteiger partial charge in [-0.05, 0) is 24.6 Å². The van der Waals surface area contributed by atoms with Crippen LogP contribution in [0.5, 0.6) is 0 Å². The molecule has 1 fully saturated rings. The molecule has 2 aromatic rings. The highest BCUT2D eigenvalue weighted by Crippen LogP contribution is 2.23. The van der Waals surface area contributed by atoms with Crippen LogP contribution < -0.4 is 5.32 Å². The number of imide groups is 1. The smallest absolute Gasteiger partial charge is 0.324 e. The van der Waals surface area contributed by atoms with E-state index in [0.29, 0.717) is 22.5 Å². The number of thioether (sulfide) groups is 1. The molecule has 0 bridgehead atoms. The lowest BCUT2D eigenvalue weighted by Crippen LogP contribution is -2.32. The summed E-state index contributed by atoms with van der Waals surface area (Å²) in [6.45, 7) is 2.34. The zero-order chi connectivity index (χ0) is 16.4. The third-order valence-electron chi connectivity index (χ3n) is 3.43. The van der Waals surface area contributed by atoms with Crippen molar-refractivity contribution in [2.45, 2.75) is 12.1 Å². The Morgan fingerprint density at radius 2 is 2.22 bits per heavy atom. The number of hydrogen-bond donors (Lipinski definition) is 1. The van der Waals surface area contributed by atoms with Gasteiger partial charge < -0.3 is 5.32 Å². The summed E-state index contributed by atoms with van der Waals surface area (Å²) in [4.78, 5) is 24.2. The number of aromatic nitrogens is 3. The van der Waals surface area contributed by atoms with E-state index < -0.39 is 0 Å². The van der Waals surface area contributed by atoms with Crippen LogP contribution in [0.3, 0.4) is 0 Å². The molecule has 3 rings (SSSR count). The lowest BCUT2D eigenvalue weighted by Gasteiger charge is -2.12. The minimum Gasteiger partial charge on any atom is -0.329 e. The van der Waals surface area contributed by atoms with Crippen molar-refractivity contribution in [3.05, 3.63) is 35.1 Å². The highest BCUT2D eigenvalue weighted by molar-refractivity contribution is 7.99. The number of urea groups is 1. The Kier molecular flexibility index (Phi) is 4.53. The van der Waals surface area contributed by atoms with E-state index in [0.717, 1.165) is 11.3 Å². The van der Waals surface area contributed by atoms with Gasteiger partial charge in [-0.2, -0.15) is 0 Å². The molecule has 0 radical (unpaired) electrons. The second kappa shape index (κ2) is 6.59. The molecular formula is C14H14ClN5O2S. The lowest BCUT2D eigenvalue weighted by atomic mass is 10.2. The number of halogens is 1. The standard InChI is InChI=1S/C14H14ClN5O2S/c1-9-2-3-10(6-11(9)15)20-8-17-18-14(20)23-5-4-19-12(21)7-16-13(19)22/h2-3,6,8H,4-5,7H2,1H3,(H,16,22). The first kappa shape index (κ1) is 15.8. The fraction of sp³-hybridized carbons (Fsp3) is 0.286. The number of aryl methyl sites for hydroxylation is 1. The number of nitrogens with zero attached hydrogens (tertiary/aromatic N) is 4. The molecule has 1 N–H and O–H groups in total. The van der Waals surface area contributed by atoms with Gasteiger partial charge in [-0.3, -0.25) is 14.3 Å². The average molecular weight is 352 g/mol. The van der Waals surface area contributed by atoms with Gasteiger partial charge in [-0.1, -0.05) is 29.4 Å². The highest BCUT2D eigenvalue weighted by Gasteiger charge is 2.27. The highest BCUT2D eigenvalue weighted by atomic mass is 35.5. The van der Waals surface area contributed by atoms with Crippen molar-refractivity contribution in [2.24, 2.45) is 0 Å². The molecular weight excluding hydrogens is 338 g/mol. The molecule has 1 saturated heterocycles. The molecule has 0 saturated carbocycles. The summed E-state index contributed by atoms with van der Waals surface area (Å²) >= 11 is 7.58. The third kappa shape index (κ3) is 3.32. The largest absolute Gasteiger partial charge is 0.329 e. The average Bonchev–Trinajstić information content (AvgIpc) is 3.11. The Balaban J connectivity index is 1.68. The first-order valence-corrected chi connectivity index (χ1v) is 8.30. The van der Waals surface area contributed by atoms with Crippen molar-refractivity contribution in [3.8, 4) is 5.69 Å². The maximum absolute atomic E-state index is 11.5. The van der Waals surface area contributed by atoms with Gasteiger partial charge in [-0.15, -0.1) is 10.2 Å². The summed E-state index contributed by atoms with van der Waals surface area (Å²) in [7, 11) is 0. The summed E-state index contributed by atoms with van der Waals surface area (Å²) in [6, 6.07) is 5.37. The molecule has 1 aliphatic heterocycles. The van der Waals surface area contributed by atoms with Crippen LogP contribution in [-0.4, -0.2) is 50.4 Å². The van der Waals surface area contributed by atoms with Crippen LogP contribution in [0.1, 0.15) is 5.56 Å². The monoisotopic (exact) mass is 351 g/mol. The molecule has 0 atom stereocenters. The Bertz CT molecular complexity index is 747. The minimum atomic E-state index is -0.345. The van der Waals surface area contributed by atoms with Crippen LogP contribution in [0.4, 0.5) is 4.79 Å². The zero-order valence-electron chi connectivity index (χ0n) is 12.3. The second-order valence-electron chi connectivity index (χ2n) is 4.97. The Labute approximate surface area is 142 Å². The molecule has 3 amide bonds. The van der Waals surface area contributed by atoms with Crippen molar-refractivity contribution < 1.29 is 9.59 Å². The molecule has 0 unspecified atom stereocenters. The molecule has 2 heterocycles. The SMILES string of the molecule is Cc1ccc(-n2cnnc2SCCN2C(=O)CNC2=O)cc1Cl. The molecule has 7 nitrogen and oxygen atoms in total. The van der Waals surface area contributed by atoms with E-state index in [-0.39, 0.29) is 18.5 Å². The molecule has 1 aromatic carbocycles. The predicted octanol–water partition coefficient (Wildman–Crippen LogP) is 1.87. The van der Waals surface area contributed by atoms with Gasteiger partial charge in [0.05, 0.1) is 12.2 Å². The van der Waals surface area contributed by atoms with Gasteiger partial charge >= 0.3 is 6.03 Å². The molecule has 120 valence electrons. The molecule has 23 heavy (non-hydrogen) atoms. The predicted molar refractivity (Wildman–Crippen MR) is 86.9 cm³/mol. The van der Waals surface area contributed by atoms with Gasteiger partial charge in [0.15, 0.2) is 5.16 Å². The minimum absolute atomic E-state index is 0.0710. The third-order valence-corrected chi connectivity index (χ3v) is 4.76. The van der Waals surface area contributed by atoms with Crippen LogP contribution in [-0.2, 0) is 4.79 Å². The molecule has 1 aliphatic rings. The fourth-order valence-electron chi connectivity index (χ4n) is 2.14. The van der Waals surface area contributed by atoms with Crippen molar-refractivity contribution in [2.75, 3.05) is 18.8 Å². The van der Waals surface area contributed by atoms with E-state index in [4.69, 9.17) is 11.6 Å². The Hall–Kier alpha value is -2.06. The van der Waals surface area contributed by atoms with E-state index in [1.54, 1.807) is 6.33 Å². The second-order valence-corrected chi connectivity index (χ2v) is 6.44. The van der Waals surface area contributed by atoms with E-state index in [1.165, 1.54) is 16.7 Å². The van der Waals surface area contributed by atoms with Gasteiger partial charge in [0, 0.05) is 17.3 Å². The first-order valence-electron chi connectivity index (χ1n) is 6.94. The van der Waals surface area contributed by atoms with Gasteiger partial charge in [0.2, 0.25) is 5.91 Å². The quantitative estimate of drug-likeness (QED) is 0.657. The van der Waals surface area contributed by atoms with Crippen LogP contribution in [0.15, 0.2) is 29.7 Å². The lowest BCUT2D eigenvalue weighted by molar-refractivity contribution is -0.124. The summed E-state index contributed by atoms with van der Waals surface area (Å²) in [5.74, 6) is 0.333. The van der Waals surface area contributed by atoms with E-state index in [1.807, 2.05) is 29.7 Å². The van der Waals surface area contributed by atoms with E-state index in [9.17, 15) is 9.59 Å². The van der Waals surface area contributed by atoms with Crippen molar-refractivity contribution >= 4 is 35.3 Å². The summed E-state index contributed by atoms with van der Waals surface area (Å²) in [5, 5.41) is 11.8. The van der Waals surface area contributed by atoms with E-state index >= 15 is 0 Å². The Morgan fingerprint density at radius 1 is 1.39 bits per heavy atom. The normalized spacial score (nSPS) is 14.4. The number of carbonyl (C=O) groups excluding carboxylic acids is 2. The first-order chi connectivity index (χ1) is 11.1. The molecule has 0 spiro atoms. The maximum atomic E-state index is 11.5. The van der Waals surface area contributed by atoms with E-state index in [2.05, 4.69) is 15.5 Å². The van der Waals surface area contributed by atoms with Crippen molar-refractivity contribution in [1.82, 2.24) is 25.0 Å². The zero-order valence-corrected chi connectivity index (χ0v) is 13.9. The van der Waals surface area contributed by atoms with Crippen LogP contribution in [0, 0.1) is 6.92 Å². The van der Waals surface area contributed by atoms with Crippen LogP contribution in [0.25, 0.3) is 5.69 Å². The molecule has 9 heteroatoms. The summed E-state index contributed by atoms with van der Waals surface area (Å²) < 4.78 is 1.82. The van der Waals surface area contributed by atoms with Gasteiger partial charge in [-0.25, -0.2) is 4.79 Å². The number of nitrogens with one attached hydrogen (secondary N) is 1. The molecule has 1 aromatic heterocycles. The molecule has 0 aliphatic carbocycles.